The SMILES string of the molecule is COC(=O)c1ccc(N2C(=O)NC(=O)C(=Cc3ccccc3OCc3ccccc3F)C2=O)cc1. The number of nitrogens with one attached hydrogen (secondary N) is 1. The van der Waals surface area contributed by atoms with Crippen molar-refractivity contribution < 1.29 is 33.0 Å². The van der Waals surface area contributed by atoms with Gasteiger partial charge in [0.25, 0.3) is 11.8 Å². The molecule has 1 N–H and O–H groups in total. The first kappa shape index (κ1) is 23.4. The van der Waals surface area contributed by atoms with Crippen LogP contribution in [0.25, 0.3) is 6.08 Å². The molecule has 1 fully saturated rings. The van der Waals surface area contributed by atoms with Gasteiger partial charge in [0.05, 0.1) is 18.4 Å². The topological polar surface area (TPSA) is 102 Å². The predicted octanol–water partition coefficient (Wildman–Crippen LogP) is 3.86. The number of rotatable bonds is 6. The highest BCUT2D eigenvalue weighted by Crippen LogP contribution is 2.26. The van der Waals surface area contributed by atoms with Crippen molar-refractivity contribution in [3.05, 3.63) is 101 Å². The number of carbonyl (C=O) groups excluding carboxylic acids is 4. The standard InChI is InChI=1S/C26H19FN2O6/c1-34-25(32)16-10-12-19(13-11-16)29-24(31)20(23(30)28-26(29)33)14-17-6-3-5-9-22(17)35-15-18-7-2-4-8-21(18)27/h2-14H,15H2,1H3,(H,28,30,33). The molecule has 4 rings (SSSR count). The Balaban J connectivity index is 1.62. The molecule has 4 amide bonds. The van der Waals surface area contributed by atoms with Gasteiger partial charge in [-0.15, -0.1) is 0 Å². The zero-order chi connectivity index (χ0) is 24.9. The first-order chi connectivity index (χ1) is 16.9. The maximum absolute atomic E-state index is 13.9. The number of hydrogen-bond donors (Lipinski definition) is 1. The molecule has 1 aliphatic heterocycles. The first-order valence-electron chi connectivity index (χ1n) is 10.4. The minimum absolute atomic E-state index is 0.0653. The molecule has 0 radical (unpaired) electrons. The summed E-state index contributed by atoms with van der Waals surface area (Å²) in [5, 5.41) is 2.14. The summed E-state index contributed by atoms with van der Waals surface area (Å²) in [5.74, 6) is -2.40. The van der Waals surface area contributed by atoms with Crippen LogP contribution in [0.3, 0.4) is 0 Å². The Bertz CT molecular complexity index is 1350. The van der Waals surface area contributed by atoms with Crippen LogP contribution in [0.15, 0.2) is 78.4 Å². The van der Waals surface area contributed by atoms with Crippen molar-refractivity contribution in [3.63, 3.8) is 0 Å². The van der Waals surface area contributed by atoms with Crippen LogP contribution in [0.1, 0.15) is 21.5 Å². The average molecular weight is 474 g/mol. The summed E-state index contributed by atoms with van der Waals surface area (Å²) in [6.07, 6.45) is 1.30. The summed E-state index contributed by atoms with van der Waals surface area (Å²) in [6, 6.07) is 17.4. The lowest BCUT2D eigenvalue weighted by Crippen LogP contribution is -2.54. The fraction of sp³-hybridized carbons (Fsp3) is 0.0769. The molecule has 0 aliphatic carbocycles. The van der Waals surface area contributed by atoms with Crippen LogP contribution in [0.5, 0.6) is 5.75 Å². The Labute approximate surface area is 199 Å². The van der Waals surface area contributed by atoms with Crippen molar-refractivity contribution in [2.24, 2.45) is 0 Å². The molecule has 0 saturated carbocycles. The number of anilines is 1. The normalized spacial score (nSPS) is 14.6. The number of amides is 4. The van der Waals surface area contributed by atoms with Crippen LogP contribution in [0.2, 0.25) is 0 Å². The maximum atomic E-state index is 13.9. The van der Waals surface area contributed by atoms with Gasteiger partial charge in [0.15, 0.2) is 0 Å². The maximum Gasteiger partial charge on any atom is 0.337 e. The monoisotopic (exact) mass is 474 g/mol. The smallest absolute Gasteiger partial charge is 0.337 e. The molecular weight excluding hydrogens is 455 g/mol. The summed E-state index contributed by atoms with van der Waals surface area (Å²) < 4.78 is 24.3. The van der Waals surface area contributed by atoms with Crippen LogP contribution >= 0.6 is 0 Å². The quantitative estimate of drug-likeness (QED) is 0.331. The Morgan fingerprint density at radius 3 is 2.37 bits per heavy atom. The summed E-state index contributed by atoms with van der Waals surface area (Å²) in [7, 11) is 1.23. The van der Waals surface area contributed by atoms with Crippen LogP contribution < -0.4 is 15.0 Å². The highest BCUT2D eigenvalue weighted by molar-refractivity contribution is 6.39. The molecule has 35 heavy (non-hydrogen) atoms. The number of benzene rings is 3. The lowest BCUT2D eigenvalue weighted by Gasteiger charge is -2.26. The van der Waals surface area contributed by atoms with Gasteiger partial charge < -0.3 is 9.47 Å². The highest BCUT2D eigenvalue weighted by Gasteiger charge is 2.37. The summed E-state index contributed by atoms with van der Waals surface area (Å²) in [6.45, 7) is -0.0653. The van der Waals surface area contributed by atoms with Crippen LogP contribution in [0.4, 0.5) is 14.9 Å². The van der Waals surface area contributed by atoms with Gasteiger partial charge in [-0.3, -0.25) is 14.9 Å². The van der Waals surface area contributed by atoms with Crippen LogP contribution in [0, 0.1) is 5.82 Å². The van der Waals surface area contributed by atoms with E-state index in [-0.39, 0.29) is 23.4 Å². The molecule has 8 nitrogen and oxygen atoms in total. The Kier molecular flexibility index (Phi) is 6.68. The average Bonchev–Trinajstić information content (AvgIpc) is 2.86. The molecule has 3 aromatic carbocycles. The van der Waals surface area contributed by atoms with E-state index in [2.05, 4.69) is 10.1 Å². The Hall–Kier alpha value is -4.79. The van der Waals surface area contributed by atoms with Gasteiger partial charge >= 0.3 is 12.0 Å². The van der Waals surface area contributed by atoms with E-state index in [9.17, 15) is 23.6 Å². The number of barbiturate groups is 1. The van der Waals surface area contributed by atoms with Gasteiger partial charge in [0.2, 0.25) is 0 Å². The third kappa shape index (κ3) is 4.93. The molecule has 0 bridgehead atoms. The van der Waals surface area contributed by atoms with E-state index in [1.807, 2.05) is 0 Å². The molecule has 0 spiro atoms. The van der Waals surface area contributed by atoms with Crippen molar-refractivity contribution >= 4 is 35.6 Å². The number of urea groups is 1. The number of ether oxygens (including phenoxy) is 2. The van der Waals surface area contributed by atoms with Crippen LogP contribution in [-0.2, 0) is 20.9 Å². The molecule has 3 aromatic rings. The van der Waals surface area contributed by atoms with Crippen molar-refractivity contribution in [1.29, 1.82) is 0 Å². The third-order valence-corrected chi connectivity index (χ3v) is 5.21. The van der Waals surface area contributed by atoms with E-state index in [0.29, 0.717) is 16.9 Å². The minimum Gasteiger partial charge on any atom is -0.488 e. The summed E-state index contributed by atoms with van der Waals surface area (Å²) in [4.78, 5) is 50.6. The predicted molar refractivity (Wildman–Crippen MR) is 124 cm³/mol. The molecule has 0 atom stereocenters. The van der Waals surface area contributed by atoms with Gasteiger partial charge in [0, 0.05) is 11.1 Å². The number of nitrogens with zero attached hydrogens (tertiary/aromatic N) is 1. The number of hydrogen-bond acceptors (Lipinski definition) is 6. The zero-order valence-corrected chi connectivity index (χ0v) is 18.5. The summed E-state index contributed by atoms with van der Waals surface area (Å²) in [5.41, 5.74) is 0.811. The second-order valence-corrected chi connectivity index (χ2v) is 7.41. The highest BCUT2D eigenvalue weighted by atomic mass is 19.1. The fourth-order valence-electron chi connectivity index (χ4n) is 3.41. The lowest BCUT2D eigenvalue weighted by molar-refractivity contribution is -0.122. The largest absolute Gasteiger partial charge is 0.488 e. The van der Waals surface area contributed by atoms with E-state index in [4.69, 9.17) is 4.74 Å². The second kappa shape index (κ2) is 10.0. The van der Waals surface area contributed by atoms with E-state index in [1.54, 1.807) is 42.5 Å². The Morgan fingerprint density at radius 1 is 0.971 bits per heavy atom. The van der Waals surface area contributed by atoms with Crippen LogP contribution in [-0.4, -0.2) is 30.9 Å². The van der Waals surface area contributed by atoms with Crippen molar-refractivity contribution in [2.45, 2.75) is 6.61 Å². The molecule has 1 saturated heterocycles. The van der Waals surface area contributed by atoms with E-state index in [0.717, 1.165) is 4.90 Å². The van der Waals surface area contributed by atoms with Gasteiger partial charge in [-0.2, -0.15) is 0 Å². The number of imide groups is 2. The second-order valence-electron chi connectivity index (χ2n) is 7.41. The third-order valence-electron chi connectivity index (χ3n) is 5.21. The first-order valence-corrected chi connectivity index (χ1v) is 10.4. The van der Waals surface area contributed by atoms with Gasteiger partial charge in [-0.1, -0.05) is 36.4 Å². The summed E-state index contributed by atoms with van der Waals surface area (Å²) >= 11 is 0. The Morgan fingerprint density at radius 2 is 1.66 bits per heavy atom. The fourth-order valence-corrected chi connectivity index (χ4v) is 3.41. The molecule has 0 unspecified atom stereocenters. The number of esters is 1. The van der Waals surface area contributed by atoms with Crippen molar-refractivity contribution in [3.8, 4) is 5.75 Å². The number of methoxy groups -OCH3 is 1. The van der Waals surface area contributed by atoms with Gasteiger partial charge in [0.1, 0.15) is 23.7 Å². The number of halogens is 1. The van der Waals surface area contributed by atoms with Crippen molar-refractivity contribution in [2.75, 3.05) is 12.0 Å². The molecule has 1 heterocycles. The number of carbonyl (C=O) groups is 4. The number of para-hydroxylation sites is 1. The van der Waals surface area contributed by atoms with Crippen molar-refractivity contribution in [1.82, 2.24) is 5.32 Å². The molecule has 0 aromatic heterocycles. The van der Waals surface area contributed by atoms with E-state index >= 15 is 0 Å². The molecule has 9 heteroatoms. The molecule has 1 aliphatic rings. The van der Waals surface area contributed by atoms with E-state index < -0.39 is 29.6 Å². The van der Waals surface area contributed by atoms with Gasteiger partial charge in [-0.25, -0.2) is 18.9 Å². The van der Waals surface area contributed by atoms with Gasteiger partial charge in [-0.05, 0) is 42.5 Å². The molecular formula is C26H19FN2O6. The molecule has 176 valence electrons. The van der Waals surface area contributed by atoms with E-state index in [1.165, 1.54) is 43.5 Å². The lowest BCUT2D eigenvalue weighted by atomic mass is 10.1. The zero-order valence-electron chi connectivity index (χ0n) is 18.5. The minimum atomic E-state index is -0.924.